The highest BCUT2D eigenvalue weighted by Gasteiger charge is 2.32. The summed E-state index contributed by atoms with van der Waals surface area (Å²) >= 11 is 0. The van der Waals surface area contributed by atoms with Gasteiger partial charge in [0.05, 0.1) is 5.69 Å². The minimum atomic E-state index is -0.0155. The molecule has 0 atom stereocenters. The normalized spacial score (nSPS) is 16.8. The molecule has 0 saturated carbocycles. The van der Waals surface area contributed by atoms with E-state index in [2.05, 4.69) is 6.07 Å². The van der Waals surface area contributed by atoms with Crippen molar-refractivity contribution in [3.63, 3.8) is 0 Å². The molecule has 1 aromatic carbocycles. The molecular formula is C25H26N4O3. The van der Waals surface area contributed by atoms with Crippen LogP contribution >= 0.6 is 0 Å². The third-order valence-electron chi connectivity index (χ3n) is 6.99. The Morgan fingerprint density at radius 3 is 2.69 bits per heavy atom. The first-order valence-corrected chi connectivity index (χ1v) is 11.5. The van der Waals surface area contributed by atoms with Crippen molar-refractivity contribution in [2.45, 2.75) is 45.6 Å². The predicted molar refractivity (Wildman–Crippen MR) is 120 cm³/mol. The maximum atomic E-state index is 13.0. The molecule has 4 heterocycles. The molecule has 7 nitrogen and oxygen atoms in total. The van der Waals surface area contributed by atoms with Crippen molar-refractivity contribution in [2.75, 3.05) is 24.5 Å². The number of carbonyl (C=O) groups is 2. The first-order chi connectivity index (χ1) is 15.6. The average Bonchev–Trinajstić information content (AvgIpc) is 3.58. The van der Waals surface area contributed by atoms with Crippen LogP contribution in [0.25, 0.3) is 11.3 Å². The van der Waals surface area contributed by atoms with Gasteiger partial charge in [-0.15, -0.1) is 0 Å². The molecule has 0 bridgehead atoms. The maximum Gasteiger partial charge on any atom is 0.289 e. The van der Waals surface area contributed by atoms with Gasteiger partial charge in [0, 0.05) is 49.1 Å². The number of aryl methyl sites for hydroxylation is 2. The van der Waals surface area contributed by atoms with Gasteiger partial charge in [0.2, 0.25) is 5.91 Å². The number of nitrogens with zero attached hydrogens (tertiary/aromatic N) is 4. The number of fused-ring (bicyclic) bond motifs is 4. The third-order valence-corrected chi connectivity index (χ3v) is 6.99. The van der Waals surface area contributed by atoms with E-state index < -0.39 is 0 Å². The second-order valence-corrected chi connectivity index (χ2v) is 8.98. The van der Waals surface area contributed by atoms with E-state index in [0.717, 1.165) is 79.0 Å². The number of likely N-dealkylation sites (tertiary alicyclic amines) is 1. The van der Waals surface area contributed by atoms with Gasteiger partial charge in [-0.05, 0) is 49.8 Å². The van der Waals surface area contributed by atoms with E-state index in [0.29, 0.717) is 12.3 Å². The van der Waals surface area contributed by atoms with Crippen LogP contribution in [0.15, 0.2) is 34.9 Å². The van der Waals surface area contributed by atoms with E-state index in [4.69, 9.17) is 9.52 Å². The molecule has 0 N–H and O–H groups in total. The van der Waals surface area contributed by atoms with Gasteiger partial charge in [-0.3, -0.25) is 14.3 Å². The molecule has 7 heteroatoms. The summed E-state index contributed by atoms with van der Waals surface area (Å²) < 4.78 is 7.81. The van der Waals surface area contributed by atoms with Crippen molar-refractivity contribution in [2.24, 2.45) is 0 Å². The number of aromatic nitrogens is 2. The number of hydrogen-bond acceptors (Lipinski definition) is 4. The fourth-order valence-corrected chi connectivity index (χ4v) is 5.33. The number of benzene rings is 1. The topological polar surface area (TPSA) is 71.6 Å². The van der Waals surface area contributed by atoms with Crippen LogP contribution in [0, 0.1) is 6.92 Å². The molecule has 1 aliphatic carbocycles. The van der Waals surface area contributed by atoms with Crippen LogP contribution in [0.5, 0.6) is 0 Å². The van der Waals surface area contributed by atoms with Gasteiger partial charge in [0.1, 0.15) is 12.3 Å². The molecule has 1 fully saturated rings. The Balaban J connectivity index is 1.27. The molecular weight excluding hydrogens is 404 g/mol. The lowest BCUT2D eigenvalue weighted by atomic mass is 9.93. The number of rotatable bonds is 3. The van der Waals surface area contributed by atoms with E-state index in [1.165, 1.54) is 5.56 Å². The smallest absolute Gasteiger partial charge is 0.289 e. The SMILES string of the molecule is Cc1c(C(=O)N2CCCC2)oc2c1-c1nn(CC(=O)N3CCc4ccccc43)cc1CC2. The molecule has 1 saturated heterocycles. The number of para-hydroxylation sites is 1. The first kappa shape index (κ1) is 19.3. The second kappa shape index (κ2) is 7.36. The first-order valence-electron chi connectivity index (χ1n) is 11.5. The van der Waals surface area contributed by atoms with E-state index >= 15 is 0 Å². The van der Waals surface area contributed by atoms with Crippen molar-refractivity contribution >= 4 is 17.5 Å². The monoisotopic (exact) mass is 430 g/mol. The predicted octanol–water partition coefficient (Wildman–Crippen LogP) is 3.38. The minimum Gasteiger partial charge on any atom is -0.455 e. The Labute approximate surface area is 186 Å². The maximum absolute atomic E-state index is 13.0. The standard InChI is InChI=1S/C25H26N4O3/c1-16-22-20(32-24(16)25(31)27-11-4-5-12-27)9-8-18-14-28(26-23(18)22)15-21(30)29-13-10-17-6-2-3-7-19(17)29/h2-3,6-7,14H,4-5,8-13,15H2,1H3. The van der Waals surface area contributed by atoms with Crippen molar-refractivity contribution in [1.29, 1.82) is 0 Å². The van der Waals surface area contributed by atoms with Gasteiger partial charge in [-0.1, -0.05) is 18.2 Å². The number of hydrogen-bond donors (Lipinski definition) is 0. The number of furan rings is 1. The lowest BCUT2D eigenvalue weighted by Gasteiger charge is -2.17. The summed E-state index contributed by atoms with van der Waals surface area (Å²) in [4.78, 5) is 29.7. The summed E-state index contributed by atoms with van der Waals surface area (Å²) in [5, 5.41) is 4.77. The Hall–Kier alpha value is -3.35. The van der Waals surface area contributed by atoms with Gasteiger partial charge in [0.15, 0.2) is 5.76 Å². The Bertz CT molecular complexity index is 1230. The molecule has 3 aliphatic rings. The quantitative estimate of drug-likeness (QED) is 0.639. The van der Waals surface area contributed by atoms with Crippen molar-refractivity contribution in [3.8, 4) is 11.3 Å². The molecule has 0 unspecified atom stereocenters. The van der Waals surface area contributed by atoms with Gasteiger partial charge in [-0.25, -0.2) is 0 Å². The highest BCUT2D eigenvalue weighted by Crippen LogP contribution is 2.39. The van der Waals surface area contributed by atoms with Crippen LogP contribution in [0.4, 0.5) is 5.69 Å². The summed E-state index contributed by atoms with van der Waals surface area (Å²) in [7, 11) is 0. The van der Waals surface area contributed by atoms with Crippen LogP contribution in [-0.2, 0) is 30.6 Å². The van der Waals surface area contributed by atoms with Crippen molar-refractivity contribution in [1.82, 2.24) is 14.7 Å². The third kappa shape index (κ3) is 2.98. The Kier molecular flexibility index (Phi) is 4.45. The molecule has 2 aliphatic heterocycles. The zero-order chi connectivity index (χ0) is 21.8. The Morgan fingerprint density at radius 2 is 1.84 bits per heavy atom. The van der Waals surface area contributed by atoms with Crippen molar-refractivity contribution in [3.05, 3.63) is 58.7 Å². The van der Waals surface area contributed by atoms with Crippen LogP contribution < -0.4 is 4.90 Å². The summed E-state index contributed by atoms with van der Waals surface area (Å²) in [6.45, 7) is 4.46. The lowest BCUT2D eigenvalue weighted by molar-refractivity contribution is -0.119. The minimum absolute atomic E-state index is 0.0155. The van der Waals surface area contributed by atoms with Crippen LogP contribution in [-0.4, -0.2) is 46.1 Å². The van der Waals surface area contributed by atoms with Crippen LogP contribution in [0.3, 0.4) is 0 Å². The van der Waals surface area contributed by atoms with Gasteiger partial charge >= 0.3 is 0 Å². The molecule has 0 spiro atoms. The van der Waals surface area contributed by atoms with Gasteiger partial charge in [0.25, 0.3) is 5.91 Å². The molecule has 0 radical (unpaired) electrons. The van der Waals surface area contributed by atoms with E-state index in [-0.39, 0.29) is 18.4 Å². The highest BCUT2D eigenvalue weighted by atomic mass is 16.4. The number of carbonyl (C=O) groups excluding carboxylic acids is 2. The van der Waals surface area contributed by atoms with Gasteiger partial charge in [-0.2, -0.15) is 5.10 Å². The van der Waals surface area contributed by atoms with E-state index in [9.17, 15) is 9.59 Å². The number of anilines is 1. The Morgan fingerprint density at radius 1 is 1.03 bits per heavy atom. The average molecular weight is 431 g/mol. The summed E-state index contributed by atoms with van der Waals surface area (Å²) in [6, 6.07) is 8.08. The number of amides is 2. The van der Waals surface area contributed by atoms with Crippen LogP contribution in [0.1, 0.15) is 45.8 Å². The molecule has 6 rings (SSSR count). The zero-order valence-corrected chi connectivity index (χ0v) is 18.3. The molecule has 2 amide bonds. The largest absolute Gasteiger partial charge is 0.455 e. The zero-order valence-electron chi connectivity index (χ0n) is 18.3. The molecule has 32 heavy (non-hydrogen) atoms. The molecule has 2 aromatic heterocycles. The van der Waals surface area contributed by atoms with Crippen molar-refractivity contribution < 1.29 is 14.0 Å². The molecule has 164 valence electrons. The fraction of sp³-hybridized carbons (Fsp3) is 0.400. The summed E-state index contributed by atoms with van der Waals surface area (Å²) in [5.74, 6) is 1.31. The summed E-state index contributed by atoms with van der Waals surface area (Å²) in [6.07, 6.45) is 6.52. The second-order valence-electron chi connectivity index (χ2n) is 8.98. The lowest BCUT2D eigenvalue weighted by Crippen LogP contribution is -2.32. The van der Waals surface area contributed by atoms with Gasteiger partial charge < -0.3 is 14.2 Å². The summed E-state index contributed by atoms with van der Waals surface area (Å²) in [5.41, 5.74) is 5.98. The fourth-order valence-electron chi connectivity index (χ4n) is 5.33. The molecule has 3 aromatic rings. The van der Waals surface area contributed by atoms with Crippen LogP contribution in [0.2, 0.25) is 0 Å². The highest BCUT2D eigenvalue weighted by molar-refractivity contribution is 5.96. The van der Waals surface area contributed by atoms with E-state index in [1.54, 1.807) is 4.68 Å². The van der Waals surface area contributed by atoms with E-state index in [1.807, 2.05) is 41.1 Å².